The van der Waals surface area contributed by atoms with E-state index >= 15 is 4.39 Å². The Morgan fingerprint density at radius 3 is 2.46 bits per heavy atom. The first-order valence-corrected chi connectivity index (χ1v) is 11.2. The van der Waals surface area contributed by atoms with Crippen LogP contribution in [0.4, 0.5) is 24.7 Å². The molecule has 1 aliphatic heterocycles. The lowest BCUT2D eigenvalue weighted by Gasteiger charge is -2.30. The van der Waals surface area contributed by atoms with Crippen LogP contribution in [0.5, 0.6) is 0 Å². The lowest BCUT2D eigenvalue weighted by Crippen LogP contribution is -2.51. The number of benzene rings is 2. The van der Waals surface area contributed by atoms with Crippen LogP contribution in [0, 0.1) is 12.7 Å². The van der Waals surface area contributed by atoms with Crippen molar-refractivity contribution in [1.29, 1.82) is 0 Å². The zero-order valence-electron chi connectivity index (χ0n) is 20.7. The van der Waals surface area contributed by atoms with Crippen molar-refractivity contribution in [3.63, 3.8) is 0 Å². The molecule has 3 aromatic rings. The van der Waals surface area contributed by atoms with E-state index in [2.05, 4.69) is 15.3 Å². The number of alkyl halides is 2. The molecule has 186 valence electrons. The van der Waals surface area contributed by atoms with E-state index in [1.54, 1.807) is 32.0 Å². The molecule has 2 heterocycles. The highest BCUT2D eigenvalue weighted by Gasteiger charge is 2.49. The van der Waals surface area contributed by atoms with Gasteiger partial charge in [0.1, 0.15) is 28.6 Å². The molecule has 0 radical (unpaired) electrons. The quantitative estimate of drug-likeness (QED) is 0.510. The monoisotopic (exact) mass is 488 g/mol. The number of nitrogens with zero attached hydrogens (tertiary/aromatic N) is 4. The number of hydrogen-bond acceptors (Lipinski definition) is 5. The number of aryl methyl sites for hydroxylation is 1. The molecule has 0 unspecified atom stereocenters. The molecule has 1 aromatic heterocycles. The molecule has 7 nitrogen and oxygen atoms in total. The number of nitrogens with one attached hydrogen (secondary N) is 1. The van der Waals surface area contributed by atoms with Gasteiger partial charge in [0.25, 0.3) is 0 Å². The van der Waals surface area contributed by atoms with Gasteiger partial charge in [-0.1, -0.05) is 12.1 Å². The number of fused-ring (bicyclic) bond motifs is 2. The minimum absolute atomic E-state index is 0.00280. The Balaban J connectivity index is 1.80. The molecule has 0 saturated heterocycles. The second-order valence-corrected chi connectivity index (χ2v) is 9.94. The van der Waals surface area contributed by atoms with Gasteiger partial charge in [-0.25, -0.2) is 14.4 Å². The first-order valence-electron chi connectivity index (χ1n) is 11.2. The van der Waals surface area contributed by atoms with Gasteiger partial charge in [-0.15, -0.1) is 0 Å². The predicted molar refractivity (Wildman–Crippen MR) is 129 cm³/mol. The van der Waals surface area contributed by atoms with Gasteiger partial charge in [-0.05, 0) is 39.8 Å². The summed E-state index contributed by atoms with van der Waals surface area (Å²) in [6.45, 7) is 5.22. The molecule has 1 atom stereocenters. The Labute approximate surface area is 201 Å². The van der Waals surface area contributed by atoms with Crippen molar-refractivity contribution in [2.45, 2.75) is 45.3 Å². The maximum absolute atomic E-state index is 15.3. The zero-order valence-corrected chi connectivity index (χ0v) is 20.7. The van der Waals surface area contributed by atoms with Crippen molar-refractivity contribution in [3.05, 3.63) is 58.7 Å². The van der Waals surface area contributed by atoms with E-state index in [1.807, 2.05) is 20.2 Å². The van der Waals surface area contributed by atoms with Crippen LogP contribution in [0.1, 0.15) is 54.1 Å². The number of rotatable bonds is 5. The third-order valence-corrected chi connectivity index (χ3v) is 6.74. The summed E-state index contributed by atoms with van der Waals surface area (Å²) in [7, 11) is 5.47. The molecular weight excluding hydrogens is 459 g/mol. The number of anilines is 1. The highest BCUT2D eigenvalue weighted by molar-refractivity contribution is 6.08. The zero-order chi connectivity index (χ0) is 26.1. The highest BCUT2D eigenvalue weighted by Crippen LogP contribution is 2.42. The van der Waals surface area contributed by atoms with Crippen LogP contribution in [0.15, 0.2) is 30.3 Å². The van der Waals surface area contributed by atoms with Crippen molar-refractivity contribution in [1.82, 2.24) is 19.6 Å². The van der Waals surface area contributed by atoms with Crippen molar-refractivity contribution >= 4 is 28.3 Å². The molecule has 2 aromatic carbocycles. The lowest BCUT2D eigenvalue weighted by atomic mass is 9.91. The second-order valence-electron chi connectivity index (χ2n) is 9.94. The normalized spacial score (nSPS) is 16.5. The number of amides is 1. The van der Waals surface area contributed by atoms with Crippen LogP contribution in [0.3, 0.4) is 0 Å². The second kappa shape index (κ2) is 7.89. The minimum Gasteiger partial charge on any atom is -0.384 e. The molecule has 1 amide bonds. The Kier molecular flexibility index (Phi) is 5.61. The summed E-state index contributed by atoms with van der Waals surface area (Å²) in [5.74, 6) is -4.20. The summed E-state index contributed by atoms with van der Waals surface area (Å²) >= 11 is 0. The fraction of sp³-hybridized carbons (Fsp3) is 0.400. The van der Waals surface area contributed by atoms with Gasteiger partial charge in [0.2, 0.25) is 0 Å². The van der Waals surface area contributed by atoms with Crippen LogP contribution in [-0.4, -0.2) is 52.7 Å². The van der Waals surface area contributed by atoms with E-state index in [-0.39, 0.29) is 16.1 Å². The summed E-state index contributed by atoms with van der Waals surface area (Å²) in [6, 6.07) is 6.53. The lowest BCUT2D eigenvalue weighted by molar-refractivity contribution is -0.170. The van der Waals surface area contributed by atoms with Gasteiger partial charge >= 0.3 is 11.8 Å². The van der Waals surface area contributed by atoms with Crippen molar-refractivity contribution in [2.24, 2.45) is 0 Å². The smallest absolute Gasteiger partial charge is 0.305 e. The first kappa shape index (κ1) is 24.9. The van der Waals surface area contributed by atoms with Crippen molar-refractivity contribution in [2.75, 3.05) is 26.5 Å². The topological polar surface area (TPSA) is 78.4 Å². The van der Waals surface area contributed by atoms with Crippen LogP contribution >= 0.6 is 0 Å². The summed E-state index contributed by atoms with van der Waals surface area (Å²) in [5, 5.41) is 15.3. The van der Waals surface area contributed by atoms with E-state index in [0.29, 0.717) is 28.1 Å². The first-order chi connectivity index (χ1) is 16.1. The maximum atomic E-state index is 15.3. The number of aromatic nitrogens is 2. The van der Waals surface area contributed by atoms with Crippen LogP contribution in [0.2, 0.25) is 0 Å². The van der Waals surface area contributed by atoms with Gasteiger partial charge in [-0.2, -0.15) is 18.4 Å². The Bertz CT molecular complexity index is 1350. The molecule has 10 heteroatoms. The molecular formula is C25H29F3N5O2+. The van der Waals surface area contributed by atoms with Gasteiger partial charge in [0.05, 0.1) is 38.3 Å². The molecule has 0 fully saturated rings. The molecule has 35 heavy (non-hydrogen) atoms. The minimum atomic E-state index is -3.80. The maximum Gasteiger partial charge on any atom is 0.305 e. The summed E-state index contributed by atoms with van der Waals surface area (Å²) < 4.78 is 45.0. The third-order valence-electron chi connectivity index (χ3n) is 6.74. The van der Waals surface area contributed by atoms with Gasteiger partial charge in [0, 0.05) is 17.0 Å². The number of carbonyl (C=O) groups is 1. The van der Waals surface area contributed by atoms with Crippen LogP contribution in [0.25, 0.3) is 10.9 Å². The van der Waals surface area contributed by atoms with Crippen LogP contribution < -0.4 is 9.91 Å². The number of hydrogen-bond donors (Lipinski definition) is 2. The standard InChI is InChI=1S/C25H29F3N5O2/c1-13(15-9-8-10-18(21(15)26)25(27,28)24(3,4)35)29-22-16-12-20-17(11-19(16)30-14(2)31-22)23(34)32(5)33(20,6)7/h8-13,35H,1-7H3,(H,29,30,31)/q+1/t13-/m1/s1. The molecule has 0 aliphatic carbocycles. The Morgan fingerprint density at radius 2 is 1.83 bits per heavy atom. The highest BCUT2D eigenvalue weighted by atomic mass is 19.3. The average molecular weight is 489 g/mol. The average Bonchev–Trinajstić information content (AvgIpc) is 2.91. The Hall–Kier alpha value is -3.24. The van der Waals surface area contributed by atoms with Gasteiger partial charge < -0.3 is 10.4 Å². The van der Waals surface area contributed by atoms with E-state index in [4.69, 9.17) is 0 Å². The van der Waals surface area contributed by atoms with Gasteiger partial charge in [0.15, 0.2) is 5.69 Å². The van der Waals surface area contributed by atoms with Gasteiger partial charge in [-0.3, -0.25) is 4.79 Å². The summed E-state index contributed by atoms with van der Waals surface area (Å²) in [5.41, 5.74) is -1.49. The molecule has 0 spiro atoms. The van der Waals surface area contributed by atoms with E-state index in [1.165, 1.54) is 12.1 Å². The Morgan fingerprint density at radius 1 is 1.17 bits per heavy atom. The largest absolute Gasteiger partial charge is 0.384 e. The fourth-order valence-corrected chi connectivity index (χ4v) is 4.32. The van der Waals surface area contributed by atoms with E-state index in [0.717, 1.165) is 25.6 Å². The third kappa shape index (κ3) is 3.81. The molecule has 2 N–H and O–H groups in total. The number of quaternary nitrogens is 1. The van der Waals surface area contributed by atoms with Crippen LogP contribution in [-0.2, 0) is 5.92 Å². The predicted octanol–water partition coefficient (Wildman–Crippen LogP) is 4.68. The molecule has 1 aliphatic rings. The molecule has 0 bridgehead atoms. The van der Waals surface area contributed by atoms with E-state index < -0.39 is 28.9 Å². The van der Waals surface area contributed by atoms with E-state index in [9.17, 15) is 18.7 Å². The number of aliphatic hydroxyl groups is 1. The molecule has 0 saturated carbocycles. The van der Waals surface area contributed by atoms with Crippen molar-refractivity contribution in [3.8, 4) is 0 Å². The molecule has 4 rings (SSSR count). The summed E-state index contributed by atoms with van der Waals surface area (Å²) in [6.07, 6.45) is 0. The summed E-state index contributed by atoms with van der Waals surface area (Å²) in [4.78, 5) is 21.7. The fourth-order valence-electron chi connectivity index (χ4n) is 4.32. The number of carbonyl (C=O) groups excluding carboxylic acids is 1. The SMILES string of the molecule is Cc1nc(N[C@H](C)c2cccc(C(F)(F)C(C)(C)O)c2F)c2cc3c(cc2n1)C(=O)N(C)[N+]3(C)C. The number of halogens is 3. The van der Waals surface area contributed by atoms with Crippen molar-refractivity contribution < 1.29 is 23.1 Å².